The molecule has 132 valence electrons. The zero-order valence-corrected chi connectivity index (χ0v) is 14.4. The summed E-state index contributed by atoms with van der Waals surface area (Å²) in [6.07, 6.45) is 1.27. The van der Waals surface area contributed by atoms with Crippen molar-refractivity contribution in [3.05, 3.63) is 120 Å². The van der Waals surface area contributed by atoms with E-state index in [4.69, 9.17) is 9.84 Å². The van der Waals surface area contributed by atoms with Gasteiger partial charge in [-0.3, -0.25) is 0 Å². The van der Waals surface area contributed by atoms with Crippen molar-refractivity contribution in [1.29, 1.82) is 0 Å². The predicted molar refractivity (Wildman–Crippen MR) is 101 cm³/mol. The molecule has 0 aromatic heterocycles. The Morgan fingerprint density at radius 3 is 1.50 bits per heavy atom. The van der Waals surface area contributed by atoms with Gasteiger partial charge in [0.05, 0.1) is 13.2 Å². The smallest absolute Gasteiger partial charge is 0.144 e. The number of rotatable bonds is 7. The number of hydrogen-bond acceptors (Lipinski definition) is 2. The highest BCUT2D eigenvalue weighted by molar-refractivity contribution is 5.47. The molecule has 0 atom stereocenters. The molecular formula is C23H21FO2. The molecule has 3 rings (SSSR count). The van der Waals surface area contributed by atoms with Gasteiger partial charge in [0.2, 0.25) is 0 Å². The van der Waals surface area contributed by atoms with E-state index in [1.807, 2.05) is 91.0 Å². The van der Waals surface area contributed by atoms with Crippen molar-refractivity contribution >= 4 is 0 Å². The molecule has 0 bridgehead atoms. The van der Waals surface area contributed by atoms with E-state index in [-0.39, 0.29) is 6.61 Å². The minimum Gasteiger partial charge on any atom is -0.389 e. The molecule has 3 heteroatoms. The van der Waals surface area contributed by atoms with Crippen molar-refractivity contribution in [2.24, 2.45) is 0 Å². The first-order valence-corrected chi connectivity index (χ1v) is 8.53. The Bertz CT molecular complexity index is 733. The SMILES string of the molecule is OC/C(F)=C/COC(c1ccccc1)(c1ccccc1)c1ccccc1. The molecule has 0 amide bonds. The van der Waals surface area contributed by atoms with E-state index in [2.05, 4.69) is 0 Å². The topological polar surface area (TPSA) is 29.5 Å². The maximum Gasteiger partial charge on any atom is 0.144 e. The second kappa shape index (κ2) is 8.56. The fraction of sp³-hybridized carbons (Fsp3) is 0.130. The second-order valence-corrected chi connectivity index (χ2v) is 5.90. The first kappa shape index (κ1) is 18.1. The fourth-order valence-corrected chi connectivity index (χ4v) is 3.09. The van der Waals surface area contributed by atoms with Gasteiger partial charge in [-0.05, 0) is 22.8 Å². The minimum atomic E-state index is -0.879. The van der Waals surface area contributed by atoms with Gasteiger partial charge in [0.15, 0.2) is 0 Å². The standard InChI is InChI=1S/C23H21FO2/c24-22(18-25)16-17-26-23(19-10-4-1-5-11-19,20-12-6-2-7-13-20)21-14-8-3-9-15-21/h1-16,25H,17-18H2/b22-16-. The van der Waals surface area contributed by atoms with Crippen LogP contribution in [-0.4, -0.2) is 18.3 Å². The summed E-state index contributed by atoms with van der Waals surface area (Å²) in [6, 6.07) is 29.7. The molecule has 0 spiro atoms. The normalized spacial score (nSPS) is 12.2. The summed E-state index contributed by atoms with van der Waals surface area (Å²) < 4.78 is 19.8. The molecule has 26 heavy (non-hydrogen) atoms. The fourth-order valence-electron chi connectivity index (χ4n) is 3.09. The van der Waals surface area contributed by atoms with Gasteiger partial charge in [-0.1, -0.05) is 91.0 Å². The van der Waals surface area contributed by atoms with Crippen LogP contribution in [0, 0.1) is 0 Å². The molecule has 0 fully saturated rings. The van der Waals surface area contributed by atoms with Gasteiger partial charge in [0.1, 0.15) is 11.4 Å². The first-order chi connectivity index (χ1) is 12.8. The van der Waals surface area contributed by atoms with E-state index in [0.29, 0.717) is 0 Å². The molecule has 0 heterocycles. The van der Waals surface area contributed by atoms with Gasteiger partial charge in [0.25, 0.3) is 0 Å². The molecule has 0 saturated carbocycles. The summed E-state index contributed by atoms with van der Waals surface area (Å²) in [5.41, 5.74) is 1.98. The van der Waals surface area contributed by atoms with Gasteiger partial charge in [0, 0.05) is 0 Å². The molecule has 0 radical (unpaired) electrons. The molecule has 1 N–H and O–H groups in total. The maximum absolute atomic E-state index is 13.4. The molecule has 0 aliphatic carbocycles. The third kappa shape index (κ3) is 3.74. The van der Waals surface area contributed by atoms with E-state index in [1.54, 1.807) is 0 Å². The minimum absolute atomic E-state index is 0.0328. The summed E-state index contributed by atoms with van der Waals surface area (Å²) in [5, 5.41) is 8.92. The Balaban J connectivity index is 2.18. The highest BCUT2D eigenvalue weighted by atomic mass is 19.1. The van der Waals surface area contributed by atoms with Crippen molar-refractivity contribution in [1.82, 2.24) is 0 Å². The number of aliphatic hydroxyl groups excluding tert-OH is 1. The van der Waals surface area contributed by atoms with E-state index >= 15 is 0 Å². The summed E-state index contributed by atoms with van der Waals surface area (Å²) in [6.45, 7) is -0.594. The van der Waals surface area contributed by atoms with Crippen molar-refractivity contribution in [3.63, 3.8) is 0 Å². The molecule has 3 aromatic rings. The van der Waals surface area contributed by atoms with Gasteiger partial charge < -0.3 is 9.84 Å². The molecule has 0 unspecified atom stereocenters. The van der Waals surface area contributed by atoms with Crippen LogP contribution in [0.5, 0.6) is 0 Å². The number of aliphatic hydroxyl groups is 1. The van der Waals surface area contributed by atoms with Gasteiger partial charge in [-0.15, -0.1) is 0 Å². The molecule has 2 nitrogen and oxygen atoms in total. The lowest BCUT2D eigenvalue weighted by atomic mass is 9.80. The Hall–Kier alpha value is -2.75. The first-order valence-electron chi connectivity index (χ1n) is 8.53. The van der Waals surface area contributed by atoms with Crippen LogP contribution in [0.3, 0.4) is 0 Å². The van der Waals surface area contributed by atoms with Crippen LogP contribution in [0.25, 0.3) is 0 Å². The summed E-state index contributed by atoms with van der Waals surface area (Å²) >= 11 is 0. The van der Waals surface area contributed by atoms with E-state index in [1.165, 1.54) is 6.08 Å². The lowest BCUT2D eigenvalue weighted by Gasteiger charge is -2.35. The Morgan fingerprint density at radius 2 is 1.15 bits per heavy atom. The number of benzene rings is 3. The van der Waals surface area contributed by atoms with Crippen LogP contribution >= 0.6 is 0 Å². The average molecular weight is 348 g/mol. The highest BCUT2D eigenvalue weighted by Crippen LogP contribution is 2.40. The summed E-state index contributed by atoms with van der Waals surface area (Å²) in [7, 11) is 0. The lowest BCUT2D eigenvalue weighted by molar-refractivity contribution is 0.0310. The number of ether oxygens (including phenoxy) is 1. The number of halogens is 1. The molecular weight excluding hydrogens is 327 g/mol. The highest BCUT2D eigenvalue weighted by Gasteiger charge is 2.37. The van der Waals surface area contributed by atoms with Crippen molar-refractivity contribution in [3.8, 4) is 0 Å². The molecule has 0 aliphatic heterocycles. The quantitative estimate of drug-likeness (QED) is 0.619. The van der Waals surface area contributed by atoms with E-state index in [9.17, 15) is 4.39 Å². The van der Waals surface area contributed by atoms with Gasteiger partial charge in [-0.2, -0.15) is 0 Å². The second-order valence-electron chi connectivity index (χ2n) is 5.90. The van der Waals surface area contributed by atoms with Crippen LogP contribution in [0.1, 0.15) is 16.7 Å². The van der Waals surface area contributed by atoms with Crippen LogP contribution in [-0.2, 0) is 10.3 Å². The van der Waals surface area contributed by atoms with Crippen molar-refractivity contribution in [2.45, 2.75) is 5.60 Å². The van der Waals surface area contributed by atoms with E-state index < -0.39 is 18.0 Å². The van der Waals surface area contributed by atoms with Crippen molar-refractivity contribution < 1.29 is 14.2 Å². The van der Waals surface area contributed by atoms with Crippen LogP contribution in [0.2, 0.25) is 0 Å². The molecule has 0 saturated heterocycles. The Kier molecular flexibility index (Phi) is 5.95. The number of hydrogen-bond donors (Lipinski definition) is 1. The summed E-state index contributed by atoms with van der Waals surface area (Å²) in [5.74, 6) is -0.604. The molecule has 3 aromatic carbocycles. The third-order valence-electron chi connectivity index (χ3n) is 4.30. The largest absolute Gasteiger partial charge is 0.389 e. The Labute approximate surface area is 153 Å². The van der Waals surface area contributed by atoms with Crippen molar-refractivity contribution in [2.75, 3.05) is 13.2 Å². The van der Waals surface area contributed by atoms with Gasteiger partial charge in [-0.25, -0.2) is 4.39 Å². The van der Waals surface area contributed by atoms with E-state index in [0.717, 1.165) is 16.7 Å². The third-order valence-corrected chi connectivity index (χ3v) is 4.30. The van der Waals surface area contributed by atoms with Crippen LogP contribution < -0.4 is 0 Å². The zero-order chi connectivity index (χ0) is 18.2. The molecule has 0 aliphatic rings. The maximum atomic E-state index is 13.4. The lowest BCUT2D eigenvalue weighted by Crippen LogP contribution is -2.33. The average Bonchev–Trinajstić information content (AvgIpc) is 2.73. The summed E-state index contributed by atoms with van der Waals surface area (Å²) in [4.78, 5) is 0. The van der Waals surface area contributed by atoms with Crippen LogP contribution in [0.15, 0.2) is 103 Å². The predicted octanol–water partition coefficient (Wildman–Crippen LogP) is 4.84. The Morgan fingerprint density at radius 1 is 0.769 bits per heavy atom. The monoisotopic (exact) mass is 348 g/mol. The zero-order valence-electron chi connectivity index (χ0n) is 14.4. The van der Waals surface area contributed by atoms with Crippen LogP contribution in [0.4, 0.5) is 4.39 Å². The van der Waals surface area contributed by atoms with Gasteiger partial charge >= 0.3 is 0 Å².